The van der Waals surface area contributed by atoms with Gasteiger partial charge >= 0.3 is 18.1 Å². The van der Waals surface area contributed by atoms with Gasteiger partial charge in [0.05, 0.1) is 41.1 Å². The highest BCUT2D eigenvalue weighted by Crippen LogP contribution is 2.33. The number of nitrogens with zero attached hydrogens (tertiary/aromatic N) is 1. The number of anilines is 2. The lowest BCUT2D eigenvalue weighted by atomic mass is 9.99. The van der Waals surface area contributed by atoms with E-state index in [1.807, 2.05) is 0 Å². The number of nitrogen functional groups attached to an aromatic ring is 1. The molecule has 0 saturated heterocycles. The Morgan fingerprint density at radius 1 is 1.00 bits per heavy atom. The molecule has 274 valence electrons. The smallest absolute Gasteiger partial charge is 0.490 e. The first kappa shape index (κ1) is 40.0. The SMILES string of the molecule is CCOc1cc([C@@H](Nc2ccc3c(N)cncc3c2)C(=O)N[C@H](CC(=O)O)c2ccccc2S(=O)(=O)C(C)C)c(F)cc1C.O=C(O)C(F)(F)F. The number of aromatic nitrogens is 1. The second kappa shape index (κ2) is 16.5. The Kier molecular flexibility index (Phi) is 12.9. The lowest BCUT2D eigenvalue weighted by molar-refractivity contribution is -0.192. The van der Waals surface area contributed by atoms with Gasteiger partial charge in [0.25, 0.3) is 0 Å². The number of carbonyl (C=O) groups is 3. The molecule has 1 heterocycles. The Morgan fingerprint density at radius 3 is 2.24 bits per heavy atom. The first-order valence-electron chi connectivity index (χ1n) is 15.3. The van der Waals surface area contributed by atoms with Gasteiger partial charge in [-0.3, -0.25) is 14.6 Å². The number of nitrogens with one attached hydrogen (secondary N) is 2. The van der Waals surface area contributed by atoms with Gasteiger partial charge in [0.15, 0.2) is 9.84 Å². The Hall–Kier alpha value is -5.45. The van der Waals surface area contributed by atoms with Gasteiger partial charge in [-0.25, -0.2) is 17.6 Å². The van der Waals surface area contributed by atoms with E-state index in [9.17, 15) is 36.3 Å². The molecule has 51 heavy (non-hydrogen) atoms. The van der Waals surface area contributed by atoms with E-state index >= 15 is 4.39 Å². The number of rotatable bonds is 12. The van der Waals surface area contributed by atoms with Gasteiger partial charge in [-0.05, 0) is 69.2 Å². The predicted octanol–water partition coefficient (Wildman–Crippen LogP) is 5.96. The lowest BCUT2D eigenvalue weighted by Gasteiger charge is -2.26. The molecule has 0 saturated carbocycles. The highest BCUT2D eigenvalue weighted by atomic mass is 32.2. The van der Waals surface area contributed by atoms with Crippen LogP contribution in [0.2, 0.25) is 0 Å². The first-order valence-corrected chi connectivity index (χ1v) is 16.8. The van der Waals surface area contributed by atoms with E-state index in [4.69, 9.17) is 20.4 Å². The third kappa shape index (κ3) is 10.1. The van der Waals surface area contributed by atoms with E-state index in [-0.39, 0.29) is 16.0 Å². The Labute approximate surface area is 290 Å². The number of hydrogen-bond acceptors (Lipinski definition) is 9. The third-order valence-corrected chi connectivity index (χ3v) is 9.65. The molecular weight excluding hydrogens is 700 g/mol. The molecule has 0 spiro atoms. The molecule has 4 aromatic rings. The minimum atomic E-state index is -5.08. The number of alkyl halides is 3. The maximum Gasteiger partial charge on any atom is 0.490 e. The van der Waals surface area contributed by atoms with E-state index in [1.165, 1.54) is 50.4 Å². The zero-order valence-corrected chi connectivity index (χ0v) is 28.6. The molecular formula is C34H36F4N4O8S. The van der Waals surface area contributed by atoms with Crippen LogP contribution >= 0.6 is 0 Å². The summed E-state index contributed by atoms with van der Waals surface area (Å²) < 4.78 is 79.4. The number of pyridine rings is 1. The number of amides is 1. The minimum Gasteiger partial charge on any atom is -0.494 e. The largest absolute Gasteiger partial charge is 0.494 e. The highest BCUT2D eigenvalue weighted by Gasteiger charge is 2.38. The Bertz CT molecular complexity index is 2020. The molecule has 4 rings (SSSR count). The second-order valence-electron chi connectivity index (χ2n) is 11.4. The van der Waals surface area contributed by atoms with Crippen molar-refractivity contribution in [1.29, 1.82) is 0 Å². The van der Waals surface area contributed by atoms with Crippen LogP contribution in [0.25, 0.3) is 10.8 Å². The third-order valence-electron chi connectivity index (χ3n) is 7.43. The summed E-state index contributed by atoms with van der Waals surface area (Å²) in [6.07, 6.45) is -2.59. The van der Waals surface area contributed by atoms with Crippen molar-refractivity contribution in [2.24, 2.45) is 0 Å². The molecule has 0 unspecified atom stereocenters. The molecule has 0 aliphatic rings. The van der Waals surface area contributed by atoms with E-state index in [1.54, 1.807) is 44.3 Å². The zero-order chi connectivity index (χ0) is 38.3. The molecule has 0 radical (unpaired) electrons. The number of fused-ring (bicyclic) bond motifs is 1. The normalized spacial score (nSPS) is 12.7. The van der Waals surface area contributed by atoms with Crippen LogP contribution in [0.4, 0.5) is 28.9 Å². The van der Waals surface area contributed by atoms with Gasteiger partial charge in [0.2, 0.25) is 5.91 Å². The number of carboxylic acid groups (broad SMARTS) is 2. The van der Waals surface area contributed by atoms with Gasteiger partial charge in [0, 0.05) is 28.2 Å². The summed E-state index contributed by atoms with van der Waals surface area (Å²) >= 11 is 0. The van der Waals surface area contributed by atoms with E-state index in [0.717, 1.165) is 5.39 Å². The molecule has 2 atom stereocenters. The first-order chi connectivity index (χ1) is 23.8. The molecule has 17 heteroatoms. The van der Waals surface area contributed by atoms with Crippen LogP contribution in [0.1, 0.15) is 56.0 Å². The number of aryl methyl sites for hydroxylation is 1. The molecule has 1 amide bonds. The molecule has 0 aliphatic carbocycles. The van der Waals surface area contributed by atoms with Crippen LogP contribution < -0.4 is 21.1 Å². The Morgan fingerprint density at radius 2 is 1.65 bits per heavy atom. The van der Waals surface area contributed by atoms with Crippen molar-refractivity contribution in [3.05, 3.63) is 89.5 Å². The molecule has 12 nitrogen and oxygen atoms in total. The van der Waals surface area contributed by atoms with Crippen LogP contribution in [0.3, 0.4) is 0 Å². The topological polar surface area (TPSA) is 198 Å². The summed E-state index contributed by atoms with van der Waals surface area (Å²) in [7, 11) is -3.85. The molecule has 6 N–H and O–H groups in total. The molecule has 0 aliphatic heterocycles. The van der Waals surface area contributed by atoms with Crippen LogP contribution in [0.15, 0.2) is 71.9 Å². The van der Waals surface area contributed by atoms with E-state index in [2.05, 4.69) is 15.6 Å². The summed E-state index contributed by atoms with van der Waals surface area (Å²) in [5, 5.41) is 23.2. The van der Waals surface area contributed by atoms with Crippen molar-refractivity contribution in [3.8, 4) is 5.75 Å². The zero-order valence-electron chi connectivity index (χ0n) is 27.8. The van der Waals surface area contributed by atoms with Crippen LogP contribution in [-0.4, -0.2) is 59.5 Å². The van der Waals surface area contributed by atoms with Gasteiger partial charge in [-0.1, -0.05) is 24.3 Å². The minimum absolute atomic E-state index is 0.0560. The summed E-state index contributed by atoms with van der Waals surface area (Å²) in [5.74, 6) is -5.13. The molecule has 0 fully saturated rings. The van der Waals surface area contributed by atoms with E-state index < -0.39 is 63.4 Å². The second-order valence-corrected chi connectivity index (χ2v) is 13.9. The summed E-state index contributed by atoms with van der Waals surface area (Å²) in [6, 6.07) is 11.1. The van der Waals surface area contributed by atoms with Crippen molar-refractivity contribution in [3.63, 3.8) is 0 Å². The number of ether oxygens (including phenoxy) is 1. The summed E-state index contributed by atoms with van der Waals surface area (Å²) in [4.78, 5) is 38.9. The average Bonchev–Trinajstić information content (AvgIpc) is 3.04. The number of aliphatic carboxylic acids is 2. The number of halogens is 4. The maximum absolute atomic E-state index is 15.6. The monoisotopic (exact) mass is 736 g/mol. The number of carbonyl (C=O) groups excluding carboxylic acids is 1. The van der Waals surface area contributed by atoms with Gasteiger partial charge in [-0.2, -0.15) is 13.2 Å². The van der Waals surface area contributed by atoms with Gasteiger partial charge in [0.1, 0.15) is 17.6 Å². The molecule has 1 aromatic heterocycles. The number of carboxylic acids is 2. The Balaban J connectivity index is 0.000000908. The fourth-order valence-electron chi connectivity index (χ4n) is 4.89. The predicted molar refractivity (Wildman–Crippen MR) is 180 cm³/mol. The molecule has 0 bridgehead atoms. The average molecular weight is 737 g/mol. The quantitative estimate of drug-likeness (QED) is 0.108. The fourth-order valence-corrected chi connectivity index (χ4v) is 6.21. The maximum atomic E-state index is 15.6. The van der Waals surface area contributed by atoms with Crippen LogP contribution in [0, 0.1) is 12.7 Å². The van der Waals surface area contributed by atoms with Crippen molar-refractivity contribution in [2.45, 2.75) is 62.5 Å². The lowest BCUT2D eigenvalue weighted by Crippen LogP contribution is -2.38. The fraction of sp³-hybridized carbons (Fsp3) is 0.294. The van der Waals surface area contributed by atoms with Crippen molar-refractivity contribution in [2.75, 3.05) is 17.7 Å². The van der Waals surface area contributed by atoms with Crippen LogP contribution in [-0.2, 0) is 24.2 Å². The number of nitrogens with two attached hydrogens (primary N) is 1. The standard InChI is InChI=1S/C32H35FN4O6S.C2HF3O2/c1-5-43-28-14-24(25(33)12-19(28)4)31(36-21-10-11-22-20(13-21)16-35-17-26(22)34)32(40)37-27(15-30(38)39)23-8-6-7-9-29(23)44(41,42)18(2)3;3-2(4,5)1(6)7/h6-14,16-18,27,31,36H,5,15,34H2,1-4H3,(H,37,40)(H,38,39);(H,6,7)/t27-,31-;/m1./s1. The number of benzene rings is 3. The van der Waals surface area contributed by atoms with Gasteiger partial charge in [-0.15, -0.1) is 0 Å². The molecule has 3 aromatic carbocycles. The number of hydrogen-bond donors (Lipinski definition) is 5. The summed E-state index contributed by atoms with van der Waals surface area (Å²) in [5.41, 5.74) is 7.51. The summed E-state index contributed by atoms with van der Waals surface area (Å²) in [6.45, 7) is 6.78. The highest BCUT2D eigenvalue weighted by molar-refractivity contribution is 7.92. The van der Waals surface area contributed by atoms with Gasteiger partial charge < -0.3 is 31.3 Å². The van der Waals surface area contributed by atoms with Crippen molar-refractivity contribution in [1.82, 2.24) is 10.3 Å². The number of sulfone groups is 1. The van der Waals surface area contributed by atoms with Crippen molar-refractivity contribution >= 4 is 49.8 Å². The van der Waals surface area contributed by atoms with Crippen LogP contribution in [0.5, 0.6) is 5.75 Å². The van der Waals surface area contributed by atoms with E-state index in [0.29, 0.717) is 34.7 Å². The van der Waals surface area contributed by atoms with Crippen molar-refractivity contribution < 1.29 is 55.3 Å².